The molecule has 5 heteroatoms. The summed E-state index contributed by atoms with van der Waals surface area (Å²) >= 11 is 11.2. The first-order valence-electron chi connectivity index (χ1n) is 6.74. The zero-order valence-corrected chi connectivity index (χ0v) is 13.4. The van der Waals surface area contributed by atoms with Gasteiger partial charge in [-0.2, -0.15) is 0 Å². The van der Waals surface area contributed by atoms with E-state index in [1.54, 1.807) is 24.3 Å². The maximum absolute atomic E-state index is 12.3. The molecule has 2 aromatic heterocycles. The zero-order chi connectivity index (χ0) is 15.7. The minimum atomic E-state index is -0.244. The first-order chi connectivity index (χ1) is 10.6. The van der Waals surface area contributed by atoms with Crippen molar-refractivity contribution in [1.29, 1.82) is 0 Å². The van der Waals surface area contributed by atoms with E-state index in [1.807, 2.05) is 41.8 Å². The van der Waals surface area contributed by atoms with Crippen molar-refractivity contribution in [3.05, 3.63) is 76.6 Å². The summed E-state index contributed by atoms with van der Waals surface area (Å²) in [7, 11) is 0. The van der Waals surface area contributed by atoms with Crippen LogP contribution in [0.5, 0.6) is 0 Å². The summed E-state index contributed by atoms with van der Waals surface area (Å²) in [5.74, 6) is -0.244. The highest BCUT2D eigenvalue weighted by Gasteiger charge is 2.14. The number of nitrogens with zero attached hydrogens (tertiary/aromatic N) is 1. The Morgan fingerprint density at radius 2 is 1.91 bits per heavy atom. The zero-order valence-electron chi connectivity index (χ0n) is 11.8. The van der Waals surface area contributed by atoms with E-state index in [0.717, 1.165) is 16.8 Å². The largest absolute Gasteiger partial charge is 0.314 e. The summed E-state index contributed by atoms with van der Waals surface area (Å²) in [6.07, 6.45) is 1.93. The number of benzene rings is 1. The van der Waals surface area contributed by atoms with E-state index in [2.05, 4.69) is 5.32 Å². The molecule has 0 aliphatic carbocycles. The Bertz CT molecular complexity index is 868. The SMILES string of the molecule is Cc1cc2ccccn2c1C(=S)NC(=O)c1ccc(Cl)cc1. The van der Waals surface area contributed by atoms with Crippen molar-refractivity contribution >= 4 is 40.2 Å². The van der Waals surface area contributed by atoms with Crippen molar-refractivity contribution in [2.45, 2.75) is 6.92 Å². The Morgan fingerprint density at radius 3 is 2.64 bits per heavy atom. The van der Waals surface area contributed by atoms with Gasteiger partial charge in [0.05, 0.1) is 5.69 Å². The summed E-state index contributed by atoms with van der Waals surface area (Å²) in [6.45, 7) is 1.98. The summed E-state index contributed by atoms with van der Waals surface area (Å²) in [5.41, 5.74) is 3.41. The summed E-state index contributed by atoms with van der Waals surface area (Å²) in [6, 6.07) is 14.6. The fourth-order valence-corrected chi connectivity index (χ4v) is 2.86. The molecule has 0 saturated carbocycles. The first kappa shape index (κ1) is 14.8. The number of halogens is 1. The average Bonchev–Trinajstić information content (AvgIpc) is 2.83. The Hall–Kier alpha value is -2.17. The predicted octanol–water partition coefficient (Wildman–Crippen LogP) is 4.01. The number of hydrogen-bond acceptors (Lipinski definition) is 2. The number of nitrogens with one attached hydrogen (secondary N) is 1. The van der Waals surface area contributed by atoms with Crippen molar-refractivity contribution in [3.8, 4) is 0 Å². The second kappa shape index (κ2) is 5.91. The molecule has 0 aliphatic rings. The number of carbonyl (C=O) groups excluding carboxylic acids is 1. The lowest BCUT2D eigenvalue weighted by Crippen LogP contribution is -2.30. The van der Waals surface area contributed by atoms with Gasteiger partial charge in [0.15, 0.2) is 0 Å². The van der Waals surface area contributed by atoms with E-state index in [1.165, 1.54) is 0 Å². The van der Waals surface area contributed by atoms with Gasteiger partial charge >= 0.3 is 0 Å². The molecule has 0 spiro atoms. The maximum atomic E-state index is 12.3. The van der Waals surface area contributed by atoms with E-state index >= 15 is 0 Å². The molecule has 0 radical (unpaired) electrons. The molecule has 3 aromatic rings. The molecule has 3 nitrogen and oxygen atoms in total. The van der Waals surface area contributed by atoms with E-state index in [4.69, 9.17) is 23.8 Å². The van der Waals surface area contributed by atoms with Crippen LogP contribution in [0.15, 0.2) is 54.7 Å². The minimum Gasteiger partial charge on any atom is -0.314 e. The first-order valence-corrected chi connectivity index (χ1v) is 7.53. The van der Waals surface area contributed by atoms with Crippen LogP contribution in [0.3, 0.4) is 0 Å². The smallest absolute Gasteiger partial charge is 0.256 e. The highest BCUT2D eigenvalue weighted by atomic mass is 35.5. The number of aromatic nitrogens is 1. The number of fused-ring (bicyclic) bond motifs is 1. The fraction of sp³-hybridized carbons (Fsp3) is 0.0588. The third-order valence-corrected chi connectivity index (χ3v) is 3.97. The van der Waals surface area contributed by atoms with Gasteiger partial charge in [-0.05, 0) is 55.0 Å². The molecule has 1 aromatic carbocycles. The lowest BCUT2D eigenvalue weighted by Gasteiger charge is -2.09. The van der Waals surface area contributed by atoms with E-state index in [0.29, 0.717) is 15.6 Å². The molecule has 22 heavy (non-hydrogen) atoms. The Balaban J connectivity index is 1.89. The van der Waals surface area contributed by atoms with Crippen LogP contribution in [-0.2, 0) is 0 Å². The van der Waals surface area contributed by atoms with Crippen LogP contribution in [0.25, 0.3) is 5.52 Å². The highest BCUT2D eigenvalue weighted by molar-refractivity contribution is 7.80. The number of amides is 1. The number of carbonyl (C=O) groups is 1. The summed E-state index contributed by atoms with van der Waals surface area (Å²) in [4.78, 5) is 12.7. The number of pyridine rings is 1. The second-order valence-electron chi connectivity index (χ2n) is 4.96. The van der Waals surface area contributed by atoms with Gasteiger partial charge in [0.25, 0.3) is 5.91 Å². The molecule has 0 fully saturated rings. The average molecular weight is 329 g/mol. The highest BCUT2D eigenvalue weighted by Crippen LogP contribution is 2.16. The Labute approximate surface area is 138 Å². The van der Waals surface area contributed by atoms with E-state index in [9.17, 15) is 4.79 Å². The van der Waals surface area contributed by atoms with Crippen LogP contribution < -0.4 is 5.32 Å². The van der Waals surface area contributed by atoms with Crippen LogP contribution in [-0.4, -0.2) is 15.3 Å². The standard InChI is InChI=1S/C17H13ClN2OS/c1-11-10-14-4-2-3-9-20(14)15(11)17(22)19-16(21)12-5-7-13(18)8-6-12/h2-10H,1H3,(H,19,21,22). The molecule has 0 atom stereocenters. The van der Waals surface area contributed by atoms with E-state index < -0.39 is 0 Å². The molecule has 2 heterocycles. The van der Waals surface area contributed by atoms with Crippen molar-refractivity contribution in [2.24, 2.45) is 0 Å². The van der Waals surface area contributed by atoms with Crippen LogP contribution in [0.2, 0.25) is 5.02 Å². The quantitative estimate of drug-likeness (QED) is 0.721. The number of aryl methyl sites for hydroxylation is 1. The van der Waals surface area contributed by atoms with Gasteiger partial charge in [-0.15, -0.1) is 0 Å². The monoisotopic (exact) mass is 328 g/mol. The number of hydrogen-bond donors (Lipinski definition) is 1. The molecule has 0 aliphatic heterocycles. The van der Waals surface area contributed by atoms with Crippen molar-refractivity contribution in [2.75, 3.05) is 0 Å². The van der Waals surface area contributed by atoms with Gasteiger partial charge in [0.1, 0.15) is 4.99 Å². The molecule has 0 saturated heterocycles. The van der Waals surface area contributed by atoms with Gasteiger partial charge < -0.3 is 9.72 Å². The lowest BCUT2D eigenvalue weighted by molar-refractivity contribution is 0.0978. The minimum absolute atomic E-state index is 0.244. The van der Waals surface area contributed by atoms with Gasteiger partial charge in [0.2, 0.25) is 0 Å². The number of thiocarbonyl (C=S) groups is 1. The molecule has 110 valence electrons. The van der Waals surface area contributed by atoms with Crippen LogP contribution in [0.4, 0.5) is 0 Å². The second-order valence-corrected chi connectivity index (χ2v) is 5.81. The van der Waals surface area contributed by atoms with Crippen molar-refractivity contribution in [3.63, 3.8) is 0 Å². The molecule has 0 bridgehead atoms. The lowest BCUT2D eigenvalue weighted by atomic mass is 10.2. The fourth-order valence-electron chi connectivity index (χ4n) is 2.38. The van der Waals surface area contributed by atoms with Crippen molar-refractivity contribution in [1.82, 2.24) is 9.72 Å². The van der Waals surface area contributed by atoms with Crippen LogP contribution in [0.1, 0.15) is 21.6 Å². The van der Waals surface area contributed by atoms with Crippen LogP contribution >= 0.6 is 23.8 Å². The number of rotatable bonds is 2. The van der Waals surface area contributed by atoms with Gasteiger partial charge in [0, 0.05) is 22.3 Å². The van der Waals surface area contributed by atoms with E-state index in [-0.39, 0.29) is 5.91 Å². The Morgan fingerprint density at radius 1 is 1.18 bits per heavy atom. The summed E-state index contributed by atoms with van der Waals surface area (Å²) in [5, 5.41) is 3.37. The topological polar surface area (TPSA) is 33.5 Å². The third kappa shape index (κ3) is 2.75. The maximum Gasteiger partial charge on any atom is 0.256 e. The molecular weight excluding hydrogens is 316 g/mol. The summed E-state index contributed by atoms with van der Waals surface area (Å²) < 4.78 is 1.97. The molecule has 1 amide bonds. The van der Waals surface area contributed by atoms with Gasteiger partial charge in [-0.3, -0.25) is 4.79 Å². The molecule has 3 rings (SSSR count). The molecule has 0 unspecified atom stereocenters. The molecule has 1 N–H and O–H groups in total. The predicted molar refractivity (Wildman–Crippen MR) is 92.8 cm³/mol. The molecular formula is C17H13ClN2OS. The normalized spacial score (nSPS) is 10.6. The Kier molecular flexibility index (Phi) is 3.96. The third-order valence-electron chi connectivity index (χ3n) is 3.42. The van der Waals surface area contributed by atoms with Crippen LogP contribution in [0, 0.1) is 6.92 Å². The van der Waals surface area contributed by atoms with Gasteiger partial charge in [-0.25, -0.2) is 0 Å². The van der Waals surface area contributed by atoms with Gasteiger partial charge in [-0.1, -0.05) is 29.9 Å². The van der Waals surface area contributed by atoms with Crippen molar-refractivity contribution < 1.29 is 4.79 Å².